The number of aromatic nitrogens is 2. The van der Waals surface area contributed by atoms with Gasteiger partial charge in [-0.05, 0) is 0 Å². The Kier molecular flexibility index (Phi) is 1.14. The third kappa shape index (κ3) is 0.690. The molecule has 0 N–H and O–H groups in total. The van der Waals surface area contributed by atoms with Crippen LogP contribution in [0.15, 0.2) is 17.9 Å². The van der Waals surface area contributed by atoms with Crippen LogP contribution >= 0.6 is 11.3 Å². The van der Waals surface area contributed by atoms with Crippen molar-refractivity contribution in [3.8, 4) is 0 Å². The van der Waals surface area contributed by atoms with E-state index < -0.39 is 0 Å². The Morgan fingerprint density at radius 3 is 3.20 bits per heavy atom. The lowest BCUT2D eigenvalue weighted by molar-refractivity contribution is 0.643. The second-order valence-corrected chi connectivity index (χ2v) is 2.68. The van der Waals surface area contributed by atoms with E-state index in [0.717, 1.165) is 0 Å². The number of hydrogen-bond donors (Lipinski definition) is 0. The van der Waals surface area contributed by atoms with Gasteiger partial charge in [0.25, 0.3) is 0 Å². The molecule has 0 aliphatic carbocycles. The fraction of sp³-hybridized carbons (Fsp3) is 0. The van der Waals surface area contributed by atoms with E-state index in [0.29, 0.717) is 10.2 Å². The third-order valence-electron chi connectivity index (χ3n) is 1.21. The first-order valence-electron chi connectivity index (χ1n) is 2.70. The molecule has 0 aromatic carbocycles. The summed E-state index contributed by atoms with van der Waals surface area (Å²) < 4.78 is 12.7. The molecule has 2 nitrogen and oxygen atoms in total. The number of fused-ring (bicyclic) bond motifs is 1. The van der Waals surface area contributed by atoms with Crippen molar-refractivity contribution in [3.05, 3.63) is 23.7 Å². The zero-order chi connectivity index (χ0) is 6.97. The highest BCUT2D eigenvalue weighted by atomic mass is 32.1. The first kappa shape index (κ1) is 5.73. The van der Waals surface area contributed by atoms with Gasteiger partial charge >= 0.3 is 0 Å². The molecule has 0 aliphatic heterocycles. The fourth-order valence-electron chi connectivity index (χ4n) is 0.747. The third-order valence-corrected chi connectivity index (χ3v) is 2.08. The van der Waals surface area contributed by atoms with Gasteiger partial charge in [0.05, 0.1) is 5.39 Å². The molecule has 0 spiro atoms. The van der Waals surface area contributed by atoms with Crippen molar-refractivity contribution >= 4 is 21.6 Å². The van der Waals surface area contributed by atoms with Gasteiger partial charge in [0, 0.05) is 11.6 Å². The van der Waals surface area contributed by atoms with Gasteiger partial charge in [-0.2, -0.15) is 0 Å². The summed E-state index contributed by atoms with van der Waals surface area (Å²) in [5.74, 6) is -0.236. The van der Waals surface area contributed by atoms with Gasteiger partial charge in [-0.3, -0.25) is 0 Å². The number of rotatable bonds is 0. The highest BCUT2D eigenvalue weighted by Gasteiger charge is 2.01. The van der Waals surface area contributed by atoms with Crippen LogP contribution in [0.5, 0.6) is 0 Å². The van der Waals surface area contributed by atoms with Crippen LogP contribution in [-0.4, -0.2) is 9.97 Å². The SMILES string of the molecule is Fc1csc2ncncc12. The quantitative estimate of drug-likeness (QED) is 0.578. The predicted molar refractivity (Wildman–Crippen MR) is 37.4 cm³/mol. The van der Waals surface area contributed by atoms with E-state index >= 15 is 0 Å². The Balaban J connectivity index is 2.93. The van der Waals surface area contributed by atoms with Crippen molar-refractivity contribution in [1.82, 2.24) is 9.97 Å². The Hall–Kier alpha value is -1.03. The molecule has 2 aromatic rings. The Bertz CT molecular complexity index is 357. The van der Waals surface area contributed by atoms with E-state index in [9.17, 15) is 4.39 Å². The summed E-state index contributed by atoms with van der Waals surface area (Å²) in [7, 11) is 0. The summed E-state index contributed by atoms with van der Waals surface area (Å²) in [5.41, 5.74) is 0. The smallest absolute Gasteiger partial charge is 0.144 e. The lowest BCUT2D eigenvalue weighted by atomic mass is 10.4. The molecular weight excluding hydrogens is 151 g/mol. The van der Waals surface area contributed by atoms with Gasteiger partial charge in [0.1, 0.15) is 17.0 Å². The van der Waals surface area contributed by atoms with Crippen LogP contribution in [0.25, 0.3) is 10.2 Å². The van der Waals surface area contributed by atoms with Gasteiger partial charge in [-0.1, -0.05) is 0 Å². The van der Waals surface area contributed by atoms with E-state index in [-0.39, 0.29) is 5.82 Å². The highest BCUT2D eigenvalue weighted by Crippen LogP contribution is 2.20. The predicted octanol–water partition coefficient (Wildman–Crippen LogP) is 1.83. The van der Waals surface area contributed by atoms with Gasteiger partial charge < -0.3 is 0 Å². The normalized spacial score (nSPS) is 10.5. The molecule has 0 atom stereocenters. The minimum absolute atomic E-state index is 0.236. The molecule has 0 bridgehead atoms. The maximum atomic E-state index is 12.7. The van der Waals surface area contributed by atoms with E-state index in [1.807, 2.05) is 0 Å². The number of hydrogen-bond acceptors (Lipinski definition) is 3. The molecule has 10 heavy (non-hydrogen) atoms. The van der Waals surface area contributed by atoms with Crippen LogP contribution in [0.3, 0.4) is 0 Å². The average Bonchev–Trinajstić information content (AvgIpc) is 2.34. The zero-order valence-electron chi connectivity index (χ0n) is 4.91. The van der Waals surface area contributed by atoms with Crippen LogP contribution in [0.1, 0.15) is 0 Å². The molecule has 4 heteroatoms. The minimum Gasteiger partial charge on any atom is -0.244 e. The molecule has 0 amide bonds. The topological polar surface area (TPSA) is 25.8 Å². The van der Waals surface area contributed by atoms with Crippen molar-refractivity contribution in [2.75, 3.05) is 0 Å². The van der Waals surface area contributed by atoms with Crippen LogP contribution in [0.4, 0.5) is 4.39 Å². The first-order valence-corrected chi connectivity index (χ1v) is 3.58. The van der Waals surface area contributed by atoms with Crippen molar-refractivity contribution in [2.24, 2.45) is 0 Å². The second-order valence-electron chi connectivity index (χ2n) is 1.83. The lowest BCUT2D eigenvalue weighted by Gasteiger charge is -1.83. The minimum atomic E-state index is -0.236. The van der Waals surface area contributed by atoms with E-state index in [2.05, 4.69) is 9.97 Å². The number of halogens is 1. The van der Waals surface area contributed by atoms with E-state index in [1.54, 1.807) is 0 Å². The Labute approximate surface area is 60.4 Å². The maximum absolute atomic E-state index is 12.7. The molecule has 0 radical (unpaired) electrons. The molecule has 0 aliphatic rings. The van der Waals surface area contributed by atoms with E-state index in [1.165, 1.54) is 29.2 Å². The monoisotopic (exact) mass is 154 g/mol. The summed E-state index contributed by atoms with van der Waals surface area (Å²) in [5, 5.41) is 1.94. The van der Waals surface area contributed by atoms with Gasteiger partial charge in [0.15, 0.2) is 0 Å². The summed E-state index contributed by atoms with van der Waals surface area (Å²) >= 11 is 1.29. The summed E-state index contributed by atoms with van der Waals surface area (Å²) in [6.45, 7) is 0. The molecule has 0 saturated heterocycles. The van der Waals surface area contributed by atoms with Crippen LogP contribution in [-0.2, 0) is 0 Å². The lowest BCUT2D eigenvalue weighted by Crippen LogP contribution is -1.75. The molecule has 0 unspecified atom stereocenters. The molecule has 50 valence electrons. The van der Waals surface area contributed by atoms with Crippen LogP contribution in [0, 0.1) is 5.82 Å². The standard InChI is InChI=1S/C6H3FN2S/c7-5-2-10-6-4(5)1-8-3-9-6/h1-3H. The molecule has 0 fully saturated rings. The molecule has 2 rings (SSSR count). The second kappa shape index (κ2) is 1.98. The van der Waals surface area contributed by atoms with Crippen LogP contribution < -0.4 is 0 Å². The molecule has 2 aromatic heterocycles. The summed E-state index contributed by atoms with van der Waals surface area (Å²) in [4.78, 5) is 8.27. The van der Waals surface area contributed by atoms with Crippen molar-refractivity contribution in [2.45, 2.75) is 0 Å². The Morgan fingerprint density at radius 1 is 1.50 bits per heavy atom. The van der Waals surface area contributed by atoms with Crippen LogP contribution in [0.2, 0.25) is 0 Å². The molecule has 2 heterocycles. The average molecular weight is 154 g/mol. The van der Waals surface area contributed by atoms with Gasteiger partial charge in [0.2, 0.25) is 0 Å². The van der Waals surface area contributed by atoms with Gasteiger partial charge in [-0.15, -0.1) is 11.3 Å². The Morgan fingerprint density at radius 2 is 2.40 bits per heavy atom. The largest absolute Gasteiger partial charge is 0.244 e. The number of nitrogens with zero attached hydrogens (tertiary/aromatic N) is 2. The zero-order valence-corrected chi connectivity index (χ0v) is 5.73. The summed E-state index contributed by atoms with van der Waals surface area (Å²) in [6, 6.07) is 0. The summed E-state index contributed by atoms with van der Waals surface area (Å²) in [6.07, 6.45) is 2.90. The number of thiophene rings is 1. The highest BCUT2D eigenvalue weighted by molar-refractivity contribution is 7.16. The van der Waals surface area contributed by atoms with Crippen molar-refractivity contribution in [3.63, 3.8) is 0 Å². The fourth-order valence-corrected chi connectivity index (χ4v) is 1.47. The van der Waals surface area contributed by atoms with Crippen molar-refractivity contribution < 1.29 is 4.39 Å². The van der Waals surface area contributed by atoms with Crippen molar-refractivity contribution in [1.29, 1.82) is 0 Å². The van der Waals surface area contributed by atoms with E-state index in [4.69, 9.17) is 0 Å². The van der Waals surface area contributed by atoms with Gasteiger partial charge in [-0.25, -0.2) is 14.4 Å². The molecule has 0 saturated carbocycles. The molecular formula is C6H3FN2S. The maximum Gasteiger partial charge on any atom is 0.144 e. The first-order chi connectivity index (χ1) is 4.88.